The SMILES string of the molecule is Cc1ccc(Br)c2c1-c1ccc(N)cc1C2(C)C. The molecular formula is C16H16BrN. The van der Waals surface area contributed by atoms with Crippen LogP contribution in [0.1, 0.15) is 30.5 Å². The monoisotopic (exact) mass is 301 g/mol. The zero-order valence-corrected chi connectivity index (χ0v) is 12.4. The first-order valence-corrected chi connectivity index (χ1v) is 6.92. The lowest BCUT2D eigenvalue weighted by Crippen LogP contribution is -2.16. The van der Waals surface area contributed by atoms with Crippen LogP contribution in [0.15, 0.2) is 34.8 Å². The van der Waals surface area contributed by atoms with Crippen molar-refractivity contribution < 1.29 is 0 Å². The molecule has 2 aromatic carbocycles. The molecule has 2 N–H and O–H groups in total. The van der Waals surface area contributed by atoms with Crippen LogP contribution in [0.25, 0.3) is 11.1 Å². The van der Waals surface area contributed by atoms with Gasteiger partial charge < -0.3 is 5.73 Å². The smallest absolute Gasteiger partial charge is 0.0317 e. The van der Waals surface area contributed by atoms with Crippen molar-refractivity contribution >= 4 is 21.6 Å². The zero-order chi connectivity index (χ0) is 13.1. The molecule has 0 radical (unpaired) electrons. The van der Waals surface area contributed by atoms with Crippen LogP contribution >= 0.6 is 15.9 Å². The van der Waals surface area contributed by atoms with Crippen LogP contribution in [-0.2, 0) is 5.41 Å². The molecular weight excluding hydrogens is 286 g/mol. The number of hydrogen-bond acceptors (Lipinski definition) is 1. The van der Waals surface area contributed by atoms with Gasteiger partial charge in [0.05, 0.1) is 0 Å². The predicted molar refractivity (Wildman–Crippen MR) is 80.9 cm³/mol. The molecule has 0 atom stereocenters. The van der Waals surface area contributed by atoms with Crippen LogP contribution in [0, 0.1) is 6.92 Å². The summed E-state index contributed by atoms with van der Waals surface area (Å²) in [5.74, 6) is 0. The molecule has 1 aliphatic rings. The van der Waals surface area contributed by atoms with E-state index in [0.717, 1.165) is 5.69 Å². The maximum atomic E-state index is 5.95. The minimum Gasteiger partial charge on any atom is -0.399 e. The van der Waals surface area contributed by atoms with E-state index >= 15 is 0 Å². The number of halogens is 1. The molecule has 18 heavy (non-hydrogen) atoms. The molecule has 0 spiro atoms. The first-order valence-electron chi connectivity index (χ1n) is 6.13. The summed E-state index contributed by atoms with van der Waals surface area (Å²) in [6.45, 7) is 6.70. The van der Waals surface area contributed by atoms with Crippen molar-refractivity contribution in [2.75, 3.05) is 5.73 Å². The summed E-state index contributed by atoms with van der Waals surface area (Å²) in [5.41, 5.74) is 13.5. The topological polar surface area (TPSA) is 26.0 Å². The number of anilines is 1. The van der Waals surface area contributed by atoms with Crippen molar-refractivity contribution in [2.45, 2.75) is 26.2 Å². The molecule has 92 valence electrons. The molecule has 0 bridgehead atoms. The number of rotatable bonds is 0. The summed E-state index contributed by atoms with van der Waals surface area (Å²) in [6, 6.07) is 10.6. The Morgan fingerprint density at radius 3 is 2.56 bits per heavy atom. The average molecular weight is 302 g/mol. The fourth-order valence-electron chi connectivity index (χ4n) is 3.07. The second kappa shape index (κ2) is 3.61. The Kier molecular flexibility index (Phi) is 2.36. The number of aryl methyl sites for hydroxylation is 1. The summed E-state index contributed by atoms with van der Waals surface area (Å²) in [7, 11) is 0. The van der Waals surface area contributed by atoms with Crippen molar-refractivity contribution in [3.05, 3.63) is 51.5 Å². The summed E-state index contributed by atoms with van der Waals surface area (Å²) >= 11 is 3.70. The van der Waals surface area contributed by atoms with Gasteiger partial charge in [0, 0.05) is 15.6 Å². The van der Waals surface area contributed by atoms with E-state index in [1.807, 2.05) is 6.07 Å². The second-order valence-electron chi connectivity index (χ2n) is 5.54. The van der Waals surface area contributed by atoms with Gasteiger partial charge in [-0.15, -0.1) is 0 Å². The van der Waals surface area contributed by atoms with Gasteiger partial charge >= 0.3 is 0 Å². The van der Waals surface area contributed by atoms with Crippen LogP contribution in [-0.4, -0.2) is 0 Å². The minimum atomic E-state index is 0.00486. The quantitative estimate of drug-likeness (QED) is 0.705. The molecule has 1 nitrogen and oxygen atoms in total. The van der Waals surface area contributed by atoms with Crippen LogP contribution in [0.2, 0.25) is 0 Å². The van der Waals surface area contributed by atoms with E-state index < -0.39 is 0 Å². The predicted octanol–water partition coefficient (Wildman–Crippen LogP) is 4.65. The Morgan fingerprint density at radius 2 is 1.83 bits per heavy atom. The van der Waals surface area contributed by atoms with E-state index in [1.165, 1.54) is 32.3 Å². The Bertz CT molecular complexity index is 656. The van der Waals surface area contributed by atoms with Gasteiger partial charge in [-0.1, -0.05) is 41.9 Å². The van der Waals surface area contributed by atoms with Gasteiger partial charge in [0.25, 0.3) is 0 Å². The van der Waals surface area contributed by atoms with Crippen molar-refractivity contribution in [3.63, 3.8) is 0 Å². The van der Waals surface area contributed by atoms with Crippen molar-refractivity contribution in [1.82, 2.24) is 0 Å². The molecule has 0 saturated carbocycles. The van der Waals surface area contributed by atoms with E-state index in [2.05, 4.69) is 61.0 Å². The highest BCUT2D eigenvalue weighted by Gasteiger charge is 2.37. The third-order valence-corrected chi connectivity index (χ3v) is 4.63. The molecule has 0 aromatic heterocycles. The highest BCUT2D eigenvalue weighted by molar-refractivity contribution is 9.10. The standard InChI is InChI=1S/C16H16BrN/c1-9-4-7-13(17)15-14(9)11-6-5-10(18)8-12(11)16(15,2)3/h4-8H,18H2,1-3H3. The van der Waals surface area contributed by atoms with E-state index in [9.17, 15) is 0 Å². The Labute approximate surface area is 116 Å². The van der Waals surface area contributed by atoms with Crippen molar-refractivity contribution in [1.29, 1.82) is 0 Å². The maximum Gasteiger partial charge on any atom is 0.0317 e. The van der Waals surface area contributed by atoms with Gasteiger partial charge in [-0.25, -0.2) is 0 Å². The average Bonchev–Trinajstić information content (AvgIpc) is 2.54. The summed E-state index contributed by atoms with van der Waals surface area (Å²) in [4.78, 5) is 0. The summed E-state index contributed by atoms with van der Waals surface area (Å²) < 4.78 is 1.18. The van der Waals surface area contributed by atoms with Gasteiger partial charge in [-0.3, -0.25) is 0 Å². The third-order valence-electron chi connectivity index (χ3n) is 3.97. The fourth-order valence-corrected chi connectivity index (χ4v) is 3.90. The third kappa shape index (κ3) is 1.39. The number of nitrogens with two attached hydrogens (primary N) is 1. The normalized spacial score (nSPS) is 15.3. The molecule has 0 aliphatic heterocycles. The maximum absolute atomic E-state index is 5.95. The summed E-state index contributed by atoms with van der Waals surface area (Å²) in [6.07, 6.45) is 0. The Hall–Kier alpha value is -1.28. The van der Waals surface area contributed by atoms with E-state index in [-0.39, 0.29) is 5.41 Å². The lowest BCUT2D eigenvalue weighted by Gasteiger charge is -2.23. The van der Waals surface area contributed by atoms with E-state index in [1.54, 1.807) is 0 Å². The molecule has 0 amide bonds. The van der Waals surface area contributed by atoms with Crippen molar-refractivity contribution in [2.24, 2.45) is 0 Å². The molecule has 2 aromatic rings. The molecule has 0 heterocycles. The molecule has 3 rings (SSSR count). The molecule has 0 fully saturated rings. The zero-order valence-electron chi connectivity index (χ0n) is 10.8. The van der Waals surface area contributed by atoms with Crippen LogP contribution < -0.4 is 5.73 Å². The van der Waals surface area contributed by atoms with Gasteiger partial charge in [0.1, 0.15) is 0 Å². The van der Waals surface area contributed by atoms with Gasteiger partial charge in [0.15, 0.2) is 0 Å². The van der Waals surface area contributed by atoms with Crippen LogP contribution in [0.5, 0.6) is 0 Å². The first-order chi connectivity index (χ1) is 8.43. The molecule has 0 saturated heterocycles. The second-order valence-corrected chi connectivity index (χ2v) is 6.40. The highest BCUT2D eigenvalue weighted by Crippen LogP contribution is 2.52. The van der Waals surface area contributed by atoms with E-state index in [4.69, 9.17) is 5.73 Å². The molecule has 2 heteroatoms. The summed E-state index contributed by atoms with van der Waals surface area (Å²) in [5, 5.41) is 0. The highest BCUT2D eigenvalue weighted by atomic mass is 79.9. The van der Waals surface area contributed by atoms with Crippen LogP contribution in [0.4, 0.5) is 5.69 Å². The van der Waals surface area contributed by atoms with Crippen molar-refractivity contribution in [3.8, 4) is 11.1 Å². The number of fused-ring (bicyclic) bond motifs is 3. The molecule has 1 aliphatic carbocycles. The fraction of sp³-hybridized carbons (Fsp3) is 0.250. The van der Waals surface area contributed by atoms with E-state index in [0.29, 0.717) is 0 Å². The Balaban J connectivity index is 2.46. The first kappa shape index (κ1) is 11.8. The van der Waals surface area contributed by atoms with Gasteiger partial charge in [-0.2, -0.15) is 0 Å². The largest absolute Gasteiger partial charge is 0.399 e. The number of benzene rings is 2. The van der Waals surface area contributed by atoms with Crippen LogP contribution in [0.3, 0.4) is 0 Å². The van der Waals surface area contributed by atoms with Gasteiger partial charge in [0.2, 0.25) is 0 Å². The lowest BCUT2D eigenvalue weighted by molar-refractivity contribution is 0.657. The number of nitrogen functional groups attached to an aromatic ring is 1. The minimum absolute atomic E-state index is 0.00486. The Morgan fingerprint density at radius 1 is 1.11 bits per heavy atom. The molecule has 0 unspecified atom stereocenters. The number of hydrogen-bond donors (Lipinski definition) is 1. The van der Waals surface area contributed by atoms with Gasteiger partial charge in [-0.05, 0) is 52.9 Å². The lowest BCUT2D eigenvalue weighted by atomic mass is 9.82.